The van der Waals surface area contributed by atoms with Crippen LogP contribution >= 0.6 is 0 Å². The van der Waals surface area contributed by atoms with Gasteiger partial charge in [0.05, 0.1) is 6.26 Å². The average molecular weight is 349 g/mol. The van der Waals surface area contributed by atoms with Crippen molar-refractivity contribution in [1.29, 1.82) is 0 Å². The molecule has 5 heteroatoms. The summed E-state index contributed by atoms with van der Waals surface area (Å²) in [6, 6.07) is 7.51. The fourth-order valence-electron chi connectivity index (χ4n) is 5.10. The lowest BCUT2D eigenvalue weighted by Gasteiger charge is -2.51. The molecule has 3 atom stereocenters. The molecule has 3 aliphatic rings. The molecule has 3 heterocycles. The van der Waals surface area contributed by atoms with Crippen molar-refractivity contribution < 1.29 is 8.42 Å². The molecule has 2 saturated heterocycles. The van der Waals surface area contributed by atoms with Gasteiger partial charge in [-0.2, -0.15) is 4.31 Å². The molecule has 0 bridgehead atoms. The van der Waals surface area contributed by atoms with Crippen molar-refractivity contribution in [3.8, 4) is 0 Å². The van der Waals surface area contributed by atoms with Crippen LogP contribution in [0.5, 0.6) is 0 Å². The first-order valence-electron chi connectivity index (χ1n) is 9.30. The van der Waals surface area contributed by atoms with Gasteiger partial charge >= 0.3 is 0 Å². The maximum atomic E-state index is 12.2. The van der Waals surface area contributed by atoms with Crippen molar-refractivity contribution in [2.75, 3.05) is 25.9 Å². The molecule has 24 heavy (non-hydrogen) atoms. The van der Waals surface area contributed by atoms with E-state index in [4.69, 9.17) is 0 Å². The Morgan fingerprint density at radius 1 is 1.25 bits per heavy atom. The minimum Gasteiger partial charge on any atom is -0.296 e. The topological polar surface area (TPSA) is 40.6 Å². The van der Waals surface area contributed by atoms with E-state index in [1.54, 1.807) is 4.31 Å². The third-order valence-electron chi connectivity index (χ3n) is 6.31. The van der Waals surface area contributed by atoms with Gasteiger partial charge in [0.25, 0.3) is 0 Å². The third-order valence-corrected chi connectivity index (χ3v) is 7.62. The van der Waals surface area contributed by atoms with Crippen molar-refractivity contribution in [2.45, 2.75) is 51.1 Å². The van der Waals surface area contributed by atoms with E-state index in [0.29, 0.717) is 18.5 Å². The number of hydrogen-bond donors (Lipinski definition) is 0. The largest absolute Gasteiger partial charge is 0.296 e. The molecule has 1 aromatic rings. The normalized spacial score (nSPS) is 31.2. The summed E-state index contributed by atoms with van der Waals surface area (Å²) in [5.74, 6) is 0.501. The lowest BCUT2D eigenvalue weighted by atomic mass is 9.77. The third kappa shape index (κ3) is 2.80. The molecular weight excluding hydrogens is 320 g/mol. The van der Waals surface area contributed by atoms with E-state index in [9.17, 15) is 8.42 Å². The van der Waals surface area contributed by atoms with Gasteiger partial charge in [0.2, 0.25) is 10.0 Å². The second-order valence-corrected chi connectivity index (χ2v) is 9.66. The van der Waals surface area contributed by atoms with Crippen LogP contribution in [-0.2, 0) is 22.9 Å². The Bertz CT molecular complexity index is 731. The molecule has 4 rings (SSSR count). The highest BCUT2D eigenvalue weighted by Crippen LogP contribution is 2.43. The molecular formula is C19H28N2O2S. The monoisotopic (exact) mass is 348 g/mol. The van der Waals surface area contributed by atoms with E-state index in [0.717, 1.165) is 38.8 Å². The number of rotatable bonds is 2. The first-order valence-corrected chi connectivity index (χ1v) is 11.1. The van der Waals surface area contributed by atoms with E-state index in [-0.39, 0.29) is 6.04 Å². The summed E-state index contributed by atoms with van der Waals surface area (Å²) in [4.78, 5) is 2.61. The second-order valence-electron chi connectivity index (χ2n) is 7.73. The van der Waals surface area contributed by atoms with Gasteiger partial charge in [-0.25, -0.2) is 8.42 Å². The number of fused-ring (bicyclic) bond motifs is 4. The number of sulfonamides is 1. The van der Waals surface area contributed by atoms with Crippen LogP contribution in [-0.4, -0.2) is 49.6 Å². The Balaban J connectivity index is 1.66. The first kappa shape index (κ1) is 16.6. The summed E-state index contributed by atoms with van der Waals surface area (Å²) in [5.41, 5.74) is 4.33. The van der Waals surface area contributed by atoms with E-state index in [2.05, 4.69) is 30.0 Å². The molecule has 0 radical (unpaired) electrons. The number of benzene rings is 1. The zero-order valence-corrected chi connectivity index (χ0v) is 15.6. The van der Waals surface area contributed by atoms with Gasteiger partial charge in [0.15, 0.2) is 0 Å². The number of hydrogen-bond acceptors (Lipinski definition) is 3. The molecule has 0 aromatic heterocycles. The second kappa shape index (κ2) is 6.11. The zero-order valence-electron chi connectivity index (χ0n) is 14.7. The van der Waals surface area contributed by atoms with E-state index in [1.807, 2.05) is 0 Å². The number of nitrogens with zero attached hydrogens (tertiary/aromatic N) is 2. The molecule has 4 nitrogen and oxygen atoms in total. The average Bonchev–Trinajstić information content (AvgIpc) is 2.58. The minimum absolute atomic E-state index is 0.187. The molecule has 0 saturated carbocycles. The molecule has 0 N–H and O–H groups in total. The Hall–Kier alpha value is -0.910. The number of piperidine rings is 2. The summed E-state index contributed by atoms with van der Waals surface area (Å²) in [6.45, 7) is 5.08. The summed E-state index contributed by atoms with van der Waals surface area (Å²) in [6.07, 6.45) is 6.71. The standard InChI is InChI=1S/C19H28N2O2S/c1-3-14-6-7-17-15(11-14)8-10-20-13-16-5-4-9-21(24(2,22)23)18(16)12-19(17)20/h6-7,11,16,18-19H,3-5,8-10,12-13H2,1-2H3/t16-,18+,19+/m1/s1. The van der Waals surface area contributed by atoms with Crippen LogP contribution in [0.3, 0.4) is 0 Å². The van der Waals surface area contributed by atoms with Gasteiger partial charge < -0.3 is 0 Å². The molecule has 2 fully saturated rings. The molecule has 1 aromatic carbocycles. The maximum Gasteiger partial charge on any atom is 0.211 e. The van der Waals surface area contributed by atoms with Gasteiger partial charge in [0, 0.05) is 31.7 Å². The van der Waals surface area contributed by atoms with Crippen LogP contribution in [0, 0.1) is 5.92 Å². The van der Waals surface area contributed by atoms with E-state index >= 15 is 0 Å². The van der Waals surface area contributed by atoms with Gasteiger partial charge in [-0.15, -0.1) is 0 Å². The summed E-state index contributed by atoms with van der Waals surface area (Å²) >= 11 is 0. The van der Waals surface area contributed by atoms with Gasteiger partial charge in [0.1, 0.15) is 0 Å². The minimum atomic E-state index is -3.11. The van der Waals surface area contributed by atoms with Crippen molar-refractivity contribution >= 4 is 10.0 Å². The van der Waals surface area contributed by atoms with Crippen LogP contribution in [0.1, 0.15) is 48.9 Å². The fourth-order valence-corrected chi connectivity index (χ4v) is 6.31. The van der Waals surface area contributed by atoms with Gasteiger partial charge in [-0.1, -0.05) is 25.1 Å². The van der Waals surface area contributed by atoms with Crippen LogP contribution in [0.25, 0.3) is 0 Å². The predicted molar refractivity (Wildman–Crippen MR) is 96.5 cm³/mol. The Morgan fingerprint density at radius 3 is 2.83 bits per heavy atom. The van der Waals surface area contributed by atoms with Crippen molar-refractivity contribution in [2.24, 2.45) is 5.92 Å². The van der Waals surface area contributed by atoms with Crippen molar-refractivity contribution in [3.05, 3.63) is 34.9 Å². The zero-order chi connectivity index (χ0) is 16.9. The molecule has 0 amide bonds. The quantitative estimate of drug-likeness (QED) is 0.825. The SMILES string of the molecule is CCc1ccc2c(c1)CCN1C[C@H]3CCCN(S(C)(=O)=O)[C@H]3C[C@@H]21. The van der Waals surface area contributed by atoms with Crippen molar-refractivity contribution in [1.82, 2.24) is 9.21 Å². The Morgan fingerprint density at radius 2 is 2.08 bits per heavy atom. The van der Waals surface area contributed by atoms with Gasteiger partial charge in [-0.3, -0.25) is 4.90 Å². The molecule has 0 unspecified atom stereocenters. The molecule has 0 aliphatic carbocycles. The Kier molecular flexibility index (Phi) is 4.22. The lowest BCUT2D eigenvalue weighted by molar-refractivity contribution is 0.0222. The lowest BCUT2D eigenvalue weighted by Crippen LogP contribution is -2.57. The fraction of sp³-hybridized carbons (Fsp3) is 0.684. The molecule has 132 valence electrons. The van der Waals surface area contributed by atoms with Gasteiger partial charge in [-0.05, 0) is 54.7 Å². The van der Waals surface area contributed by atoms with Crippen molar-refractivity contribution in [3.63, 3.8) is 0 Å². The maximum absolute atomic E-state index is 12.2. The summed E-state index contributed by atoms with van der Waals surface area (Å²) in [5, 5.41) is 0. The van der Waals surface area contributed by atoms with Crippen LogP contribution in [0.2, 0.25) is 0 Å². The van der Waals surface area contributed by atoms with Crippen LogP contribution in [0.4, 0.5) is 0 Å². The summed E-state index contributed by atoms with van der Waals surface area (Å²) in [7, 11) is -3.11. The van der Waals surface area contributed by atoms with Crippen LogP contribution in [0.15, 0.2) is 18.2 Å². The highest BCUT2D eigenvalue weighted by molar-refractivity contribution is 7.88. The highest BCUT2D eigenvalue weighted by atomic mass is 32.2. The Labute approximate surface area is 145 Å². The molecule has 3 aliphatic heterocycles. The van der Waals surface area contributed by atoms with E-state index < -0.39 is 10.0 Å². The first-order chi connectivity index (χ1) is 11.5. The number of aryl methyl sites for hydroxylation is 1. The van der Waals surface area contributed by atoms with E-state index in [1.165, 1.54) is 29.4 Å². The highest BCUT2D eigenvalue weighted by Gasteiger charge is 2.44. The smallest absolute Gasteiger partial charge is 0.211 e. The predicted octanol–water partition coefficient (Wildman–Crippen LogP) is 2.59. The molecule has 0 spiro atoms. The summed E-state index contributed by atoms with van der Waals surface area (Å²) < 4.78 is 26.3. The van der Waals surface area contributed by atoms with Crippen LogP contribution < -0.4 is 0 Å².